The van der Waals surface area contributed by atoms with E-state index < -0.39 is 0 Å². The second-order valence-corrected chi connectivity index (χ2v) is 5.51. The maximum absolute atomic E-state index is 3.62. The van der Waals surface area contributed by atoms with Crippen LogP contribution in [0.15, 0.2) is 36.4 Å². The minimum absolute atomic E-state index is 0.0273. The van der Waals surface area contributed by atoms with E-state index in [1.54, 1.807) is 0 Å². The highest BCUT2D eigenvalue weighted by Crippen LogP contribution is 2.42. The van der Waals surface area contributed by atoms with Crippen molar-refractivity contribution in [3.05, 3.63) is 36.4 Å². The number of fused-ring (bicyclic) bond motifs is 1. The van der Waals surface area contributed by atoms with Crippen LogP contribution < -0.4 is 10.2 Å². The highest BCUT2D eigenvalue weighted by atomic mass is 15.4. The molecule has 1 aliphatic carbocycles. The fourth-order valence-electron chi connectivity index (χ4n) is 3.15. The standard InChI is InChI=1S/C15H20N2/c1-15(2)16-13-10-6-7-11-14(13)17(15)12-8-4-3-5-9-12/h3-4,6-7,10-12,16H,5,8-9H2,1-2H3. The molecule has 1 aromatic carbocycles. The summed E-state index contributed by atoms with van der Waals surface area (Å²) in [5, 5.41) is 3.62. The number of nitrogens with one attached hydrogen (secondary N) is 1. The third-order valence-electron chi connectivity index (χ3n) is 3.81. The quantitative estimate of drug-likeness (QED) is 0.736. The molecule has 1 heterocycles. The van der Waals surface area contributed by atoms with Gasteiger partial charge in [-0.1, -0.05) is 24.3 Å². The average Bonchev–Trinajstić information content (AvgIpc) is 2.60. The third-order valence-corrected chi connectivity index (χ3v) is 3.81. The van der Waals surface area contributed by atoms with Gasteiger partial charge in [0, 0.05) is 6.04 Å². The SMILES string of the molecule is CC1(C)Nc2ccccc2N1C1CC=CCC1. The van der Waals surface area contributed by atoms with Gasteiger partial charge >= 0.3 is 0 Å². The number of allylic oxidation sites excluding steroid dienone is 1. The maximum atomic E-state index is 3.62. The molecule has 1 aliphatic heterocycles. The van der Waals surface area contributed by atoms with Gasteiger partial charge in [0.1, 0.15) is 5.66 Å². The van der Waals surface area contributed by atoms with Crippen LogP contribution in [0.4, 0.5) is 11.4 Å². The highest BCUT2D eigenvalue weighted by molar-refractivity contribution is 5.77. The molecule has 0 aromatic heterocycles. The maximum Gasteiger partial charge on any atom is 0.105 e. The van der Waals surface area contributed by atoms with Crippen molar-refractivity contribution in [2.24, 2.45) is 0 Å². The van der Waals surface area contributed by atoms with Crippen LogP contribution in [-0.2, 0) is 0 Å². The summed E-state index contributed by atoms with van der Waals surface area (Å²) in [6, 6.07) is 9.27. The zero-order chi connectivity index (χ0) is 11.9. The number of benzene rings is 1. The van der Waals surface area contributed by atoms with E-state index in [0.29, 0.717) is 6.04 Å². The van der Waals surface area contributed by atoms with Crippen molar-refractivity contribution in [3.63, 3.8) is 0 Å². The minimum Gasteiger partial charge on any atom is -0.361 e. The summed E-state index contributed by atoms with van der Waals surface area (Å²) in [7, 11) is 0. The number of para-hydroxylation sites is 2. The molecule has 0 saturated heterocycles. The van der Waals surface area contributed by atoms with Crippen molar-refractivity contribution < 1.29 is 0 Å². The monoisotopic (exact) mass is 228 g/mol. The van der Waals surface area contributed by atoms with Gasteiger partial charge in [-0.15, -0.1) is 0 Å². The molecule has 3 rings (SSSR count). The summed E-state index contributed by atoms with van der Waals surface area (Å²) in [4.78, 5) is 2.56. The molecule has 0 amide bonds. The van der Waals surface area contributed by atoms with Crippen molar-refractivity contribution in [3.8, 4) is 0 Å². The van der Waals surface area contributed by atoms with Crippen molar-refractivity contribution in [1.29, 1.82) is 0 Å². The molecule has 1 aromatic rings. The van der Waals surface area contributed by atoms with E-state index in [4.69, 9.17) is 0 Å². The summed E-state index contributed by atoms with van der Waals surface area (Å²) in [5.74, 6) is 0. The Morgan fingerprint density at radius 1 is 1.24 bits per heavy atom. The molecule has 90 valence electrons. The number of hydrogen-bond donors (Lipinski definition) is 1. The first-order valence-electron chi connectivity index (χ1n) is 6.50. The topological polar surface area (TPSA) is 15.3 Å². The molecule has 2 heteroatoms. The zero-order valence-electron chi connectivity index (χ0n) is 10.6. The van der Waals surface area contributed by atoms with Crippen LogP contribution in [0.3, 0.4) is 0 Å². The van der Waals surface area contributed by atoms with E-state index >= 15 is 0 Å². The molecule has 0 spiro atoms. The molecule has 0 fully saturated rings. The lowest BCUT2D eigenvalue weighted by atomic mass is 9.97. The Morgan fingerprint density at radius 3 is 2.82 bits per heavy atom. The van der Waals surface area contributed by atoms with Crippen LogP contribution in [0, 0.1) is 0 Å². The lowest BCUT2D eigenvalue weighted by molar-refractivity contribution is 0.440. The Kier molecular flexibility index (Phi) is 2.39. The van der Waals surface area contributed by atoms with Gasteiger partial charge in [0.15, 0.2) is 0 Å². The van der Waals surface area contributed by atoms with Gasteiger partial charge in [-0.3, -0.25) is 0 Å². The molecule has 2 nitrogen and oxygen atoms in total. The molecule has 1 atom stereocenters. The van der Waals surface area contributed by atoms with Gasteiger partial charge in [-0.25, -0.2) is 0 Å². The molecule has 0 bridgehead atoms. The van der Waals surface area contributed by atoms with Crippen LogP contribution in [0.1, 0.15) is 33.1 Å². The van der Waals surface area contributed by atoms with Crippen molar-refractivity contribution >= 4 is 11.4 Å². The number of hydrogen-bond acceptors (Lipinski definition) is 2. The first-order valence-corrected chi connectivity index (χ1v) is 6.50. The molecular formula is C15H20N2. The summed E-state index contributed by atoms with van der Waals surface area (Å²) in [6.45, 7) is 4.54. The van der Waals surface area contributed by atoms with Crippen LogP contribution in [0.25, 0.3) is 0 Å². The smallest absolute Gasteiger partial charge is 0.105 e. The lowest BCUT2D eigenvalue weighted by Crippen LogP contribution is -2.51. The number of rotatable bonds is 1. The fraction of sp³-hybridized carbons (Fsp3) is 0.467. The van der Waals surface area contributed by atoms with Gasteiger partial charge in [0.05, 0.1) is 11.4 Å². The number of anilines is 2. The lowest BCUT2D eigenvalue weighted by Gasteiger charge is -2.41. The predicted octanol–water partition coefficient (Wildman–Crippen LogP) is 3.76. The van der Waals surface area contributed by atoms with Crippen molar-refractivity contribution in [2.45, 2.75) is 44.8 Å². The van der Waals surface area contributed by atoms with Gasteiger partial charge in [-0.2, -0.15) is 0 Å². The molecule has 1 N–H and O–H groups in total. The Balaban J connectivity index is 1.99. The number of nitrogens with zero attached hydrogens (tertiary/aromatic N) is 1. The van der Waals surface area contributed by atoms with E-state index in [0.717, 1.165) is 0 Å². The predicted molar refractivity (Wildman–Crippen MR) is 73.4 cm³/mol. The first kappa shape index (κ1) is 10.7. The Labute approximate surface area is 103 Å². The largest absolute Gasteiger partial charge is 0.361 e. The van der Waals surface area contributed by atoms with E-state index in [-0.39, 0.29) is 5.66 Å². The Morgan fingerprint density at radius 2 is 2.06 bits per heavy atom. The molecule has 17 heavy (non-hydrogen) atoms. The minimum atomic E-state index is 0.0273. The molecule has 0 saturated carbocycles. The first-order chi connectivity index (χ1) is 8.18. The van der Waals surface area contributed by atoms with Gasteiger partial charge in [0.25, 0.3) is 0 Å². The Bertz CT molecular complexity index is 448. The van der Waals surface area contributed by atoms with Crippen LogP contribution in [0.5, 0.6) is 0 Å². The van der Waals surface area contributed by atoms with Crippen molar-refractivity contribution in [1.82, 2.24) is 0 Å². The van der Waals surface area contributed by atoms with Crippen molar-refractivity contribution in [2.75, 3.05) is 10.2 Å². The summed E-state index contributed by atoms with van der Waals surface area (Å²) < 4.78 is 0. The molecule has 0 radical (unpaired) electrons. The summed E-state index contributed by atoms with van der Waals surface area (Å²) in [6.07, 6.45) is 8.26. The van der Waals surface area contributed by atoms with Crippen LogP contribution in [0.2, 0.25) is 0 Å². The highest BCUT2D eigenvalue weighted by Gasteiger charge is 2.38. The zero-order valence-corrected chi connectivity index (χ0v) is 10.6. The van der Waals surface area contributed by atoms with E-state index in [9.17, 15) is 0 Å². The Hall–Kier alpha value is -1.44. The molecule has 2 aliphatic rings. The normalized spacial score (nSPS) is 25.5. The van der Waals surface area contributed by atoms with E-state index in [2.05, 4.69) is 60.5 Å². The molecule has 1 unspecified atom stereocenters. The van der Waals surface area contributed by atoms with Gasteiger partial charge in [-0.05, 0) is 45.2 Å². The second kappa shape index (κ2) is 3.80. The summed E-state index contributed by atoms with van der Waals surface area (Å²) in [5.41, 5.74) is 2.66. The second-order valence-electron chi connectivity index (χ2n) is 5.51. The van der Waals surface area contributed by atoms with E-state index in [1.807, 2.05) is 0 Å². The van der Waals surface area contributed by atoms with Gasteiger partial charge in [0.2, 0.25) is 0 Å². The van der Waals surface area contributed by atoms with Crippen LogP contribution in [-0.4, -0.2) is 11.7 Å². The van der Waals surface area contributed by atoms with Gasteiger partial charge < -0.3 is 10.2 Å². The third kappa shape index (κ3) is 1.72. The average molecular weight is 228 g/mol. The fourth-order valence-corrected chi connectivity index (χ4v) is 3.15. The molecular weight excluding hydrogens is 208 g/mol. The van der Waals surface area contributed by atoms with E-state index in [1.165, 1.54) is 30.6 Å². The summed E-state index contributed by atoms with van der Waals surface area (Å²) >= 11 is 0. The van der Waals surface area contributed by atoms with Crippen LogP contribution >= 0.6 is 0 Å².